The van der Waals surface area contributed by atoms with Crippen LogP contribution in [0.2, 0.25) is 0 Å². The van der Waals surface area contributed by atoms with Gasteiger partial charge in [-0.25, -0.2) is 0 Å². The van der Waals surface area contributed by atoms with Crippen LogP contribution in [0.3, 0.4) is 0 Å². The molecule has 6 nitrogen and oxygen atoms in total. The molecule has 0 bridgehead atoms. The summed E-state index contributed by atoms with van der Waals surface area (Å²) in [6.45, 7) is 0. The number of amides is 1. The van der Waals surface area contributed by atoms with E-state index in [1.807, 2.05) is 12.1 Å². The highest BCUT2D eigenvalue weighted by molar-refractivity contribution is 6.51. The molecule has 1 amide bonds. The normalized spacial score (nSPS) is 17.8. The summed E-state index contributed by atoms with van der Waals surface area (Å²) in [7, 11) is 0. The van der Waals surface area contributed by atoms with E-state index in [0.29, 0.717) is 16.5 Å². The summed E-state index contributed by atoms with van der Waals surface area (Å²) in [6, 6.07) is 19.4. The second-order valence-corrected chi connectivity index (χ2v) is 7.87. The average molecular weight is 478 g/mol. The fraction of sp³-hybridized carbons (Fsp3) is 0.0769. The molecule has 1 aliphatic rings. The number of rotatable bonds is 4. The van der Waals surface area contributed by atoms with Gasteiger partial charge in [-0.2, -0.15) is 0 Å². The number of anilines is 1. The molecule has 1 fully saturated rings. The predicted molar refractivity (Wildman–Crippen MR) is 123 cm³/mol. The number of alkyl halides is 3. The lowest BCUT2D eigenvalue weighted by Crippen LogP contribution is -2.29. The van der Waals surface area contributed by atoms with Crippen molar-refractivity contribution in [1.29, 1.82) is 0 Å². The van der Waals surface area contributed by atoms with Gasteiger partial charge in [0.15, 0.2) is 0 Å². The molecule has 3 aromatic carbocycles. The fourth-order valence-electron chi connectivity index (χ4n) is 4.27. The van der Waals surface area contributed by atoms with Crippen molar-refractivity contribution in [2.45, 2.75) is 12.4 Å². The highest BCUT2D eigenvalue weighted by atomic mass is 19.4. The maximum absolute atomic E-state index is 13.2. The van der Waals surface area contributed by atoms with Crippen molar-refractivity contribution in [3.05, 3.63) is 102 Å². The van der Waals surface area contributed by atoms with E-state index in [-0.39, 0.29) is 17.0 Å². The summed E-state index contributed by atoms with van der Waals surface area (Å²) in [4.78, 5) is 30.6. The minimum absolute atomic E-state index is 0.124. The highest BCUT2D eigenvalue weighted by Crippen LogP contribution is 2.43. The number of ketones is 1. The number of aromatic amines is 1. The van der Waals surface area contributed by atoms with Gasteiger partial charge in [-0.05, 0) is 35.9 Å². The zero-order chi connectivity index (χ0) is 24.7. The number of aliphatic hydroxyl groups excluding tert-OH is 1. The summed E-state index contributed by atoms with van der Waals surface area (Å²) in [5, 5.41) is 11.9. The van der Waals surface area contributed by atoms with Crippen LogP contribution in [-0.2, 0) is 9.59 Å². The number of ether oxygens (including phenoxy) is 1. The van der Waals surface area contributed by atoms with E-state index in [4.69, 9.17) is 0 Å². The third-order valence-electron chi connectivity index (χ3n) is 5.75. The largest absolute Gasteiger partial charge is 0.573 e. The van der Waals surface area contributed by atoms with Crippen LogP contribution >= 0.6 is 0 Å². The second-order valence-electron chi connectivity index (χ2n) is 7.87. The van der Waals surface area contributed by atoms with Gasteiger partial charge in [0.25, 0.3) is 11.7 Å². The van der Waals surface area contributed by atoms with E-state index >= 15 is 0 Å². The van der Waals surface area contributed by atoms with Crippen LogP contribution in [0.1, 0.15) is 17.2 Å². The van der Waals surface area contributed by atoms with Crippen molar-refractivity contribution < 1.29 is 32.6 Å². The van der Waals surface area contributed by atoms with E-state index in [1.165, 1.54) is 12.1 Å². The minimum atomic E-state index is -4.87. The number of nitrogens with one attached hydrogen (secondary N) is 1. The lowest BCUT2D eigenvalue weighted by atomic mass is 9.95. The number of carbonyl (C=O) groups excluding carboxylic acids is 2. The number of carbonyl (C=O) groups is 2. The fourth-order valence-corrected chi connectivity index (χ4v) is 4.27. The van der Waals surface area contributed by atoms with Crippen LogP contribution in [0.4, 0.5) is 18.9 Å². The maximum Gasteiger partial charge on any atom is 0.573 e. The monoisotopic (exact) mass is 478 g/mol. The van der Waals surface area contributed by atoms with Gasteiger partial charge in [-0.3, -0.25) is 14.5 Å². The molecule has 2 N–H and O–H groups in total. The minimum Gasteiger partial charge on any atom is -0.507 e. The zero-order valence-corrected chi connectivity index (χ0v) is 17.9. The molecule has 35 heavy (non-hydrogen) atoms. The molecule has 1 atom stereocenters. The van der Waals surface area contributed by atoms with Crippen molar-refractivity contribution in [1.82, 2.24) is 4.98 Å². The molecule has 0 radical (unpaired) electrons. The highest BCUT2D eigenvalue weighted by Gasteiger charge is 2.47. The van der Waals surface area contributed by atoms with Gasteiger partial charge in [-0.1, -0.05) is 48.5 Å². The Morgan fingerprint density at radius 3 is 2.26 bits per heavy atom. The third-order valence-corrected chi connectivity index (χ3v) is 5.75. The van der Waals surface area contributed by atoms with Gasteiger partial charge < -0.3 is 14.8 Å². The summed E-state index contributed by atoms with van der Waals surface area (Å²) < 4.78 is 41.6. The van der Waals surface area contributed by atoms with Crippen molar-refractivity contribution in [3.63, 3.8) is 0 Å². The van der Waals surface area contributed by atoms with E-state index in [0.717, 1.165) is 22.5 Å². The quantitative estimate of drug-likeness (QED) is 0.224. The lowest BCUT2D eigenvalue weighted by molar-refractivity contribution is -0.274. The molecular formula is C26H17F3N2O4. The molecule has 1 unspecified atom stereocenters. The first-order chi connectivity index (χ1) is 16.7. The van der Waals surface area contributed by atoms with Crippen LogP contribution < -0.4 is 9.64 Å². The van der Waals surface area contributed by atoms with E-state index < -0.39 is 29.8 Å². The number of Topliss-reactive ketones (excluding diaryl/α,β-unsaturated/α-hetero) is 1. The molecule has 0 aliphatic carbocycles. The van der Waals surface area contributed by atoms with Gasteiger partial charge in [0.05, 0.1) is 11.6 Å². The van der Waals surface area contributed by atoms with Crippen molar-refractivity contribution in [2.75, 3.05) is 4.90 Å². The zero-order valence-electron chi connectivity index (χ0n) is 17.9. The molecule has 2 heterocycles. The molecule has 9 heteroatoms. The summed E-state index contributed by atoms with van der Waals surface area (Å²) in [5.41, 5.74) is 1.69. The van der Waals surface area contributed by atoms with E-state index in [9.17, 15) is 27.9 Å². The van der Waals surface area contributed by atoms with Gasteiger partial charge in [-0.15, -0.1) is 13.2 Å². The third kappa shape index (κ3) is 4.01. The van der Waals surface area contributed by atoms with Gasteiger partial charge in [0.2, 0.25) is 0 Å². The number of hydrogen-bond acceptors (Lipinski definition) is 4. The van der Waals surface area contributed by atoms with E-state index in [2.05, 4.69) is 9.72 Å². The average Bonchev–Trinajstić information content (AvgIpc) is 3.38. The Balaban J connectivity index is 1.65. The summed E-state index contributed by atoms with van der Waals surface area (Å²) in [6.07, 6.45) is -3.31. The number of para-hydroxylation sites is 1. The smallest absolute Gasteiger partial charge is 0.507 e. The molecule has 4 aromatic rings. The first kappa shape index (κ1) is 22.3. The standard InChI is InChI=1S/C26H17F3N2O4/c27-26(28,29)35-17-12-10-16(11-13-17)31-22(15-6-2-1-3-7-15)21(24(33)25(31)34)23(32)19-14-30-20-9-5-4-8-18(19)20/h1-14,22,30,32H/b23-21-. The van der Waals surface area contributed by atoms with Gasteiger partial charge in [0, 0.05) is 28.4 Å². The topological polar surface area (TPSA) is 82.6 Å². The van der Waals surface area contributed by atoms with Gasteiger partial charge >= 0.3 is 6.36 Å². The number of nitrogens with zero attached hydrogens (tertiary/aromatic N) is 1. The number of H-pyrrole nitrogens is 1. The predicted octanol–water partition coefficient (Wildman–Crippen LogP) is 5.69. The van der Waals surface area contributed by atoms with Crippen molar-refractivity contribution in [2.24, 2.45) is 0 Å². The Morgan fingerprint density at radius 1 is 0.914 bits per heavy atom. The van der Waals surface area contributed by atoms with Crippen LogP contribution in [0.25, 0.3) is 16.7 Å². The molecule has 176 valence electrons. The van der Waals surface area contributed by atoms with Crippen LogP contribution in [0, 0.1) is 0 Å². The van der Waals surface area contributed by atoms with Crippen LogP contribution in [-0.4, -0.2) is 28.1 Å². The van der Waals surface area contributed by atoms with Crippen LogP contribution in [0.5, 0.6) is 5.75 Å². The Bertz CT molecular complexity index is 1460. The molecule has 1 aromatic heterocycles. The van der Waals surface area contributed by atoms with Gasteiger partial charge in [0.1, 0.15) is 11.5 Å². The molecular weight excluding hydrogens is 461 g/mol. The summed E-state index contributed by atoms with van der Waals surface area (Å²) in [5.74, 6) is -2.64. The number of fused-ring (bicyclic) bond motifs is 1. The molecule has 1 aliphatic heterocycles. The Hall–Kier alpha value is -4.53. The first-order valence-electron chi connectivity index (χ1n) is 10.5. The summed E-state index contributed by atoms with van der Waals surface area (Å²) >= 11 is 0. The number of aliphatic hydroxyl groups is 1. The second kappa shape index (κ2) is 8.35. The number of halogens is 3. The van der Waals surface area contributed by atoms with E-state index in [1.54, 1.807) is 48.7 Å². The number of benzene rings is 3. The first-order valence-corrected chi connectivity index (χ1v) is 10.5. The maximum atomic E-state index is 13.2. The van der Waals surface area contributed by atoms with Crippen molar-refractivity contribution in [3.8, 4) is 5.75 Å². The molecule has 5 rings (SSSR count). The molecule has 0 saturated carbocycles. The molecule has 1 saturated heterocycles. The van der Waals surface area contributed by atoms with Crippen LogP contribution in [0.15, 0.2) is 90.6 Å². The molecule has 0 spiro atoms. The number of aromatic nitrogens is 1. The Labute approximate surface area is 196 Å². The Morgan fingerprint density at radius 2 is 1.57 bits per heavy atom. The van der Waals surface area contributed by atoms with Crippen molar-refractivity contribution >= 4 is 34.0 Å². The number of hydrogen-bond donors (Lipinski definition) is 2. The SMILES string of the molecule is O=C1C(=O)N(c2ccc(OC(F)(F)F)cc2)C(c2ccccc2)/C1=C(/O)c1c[nH]c2ccccc12. The Kier molecular flexibility index (Phi) is 5.32. The lowest BCUT2D eigenvalue weighted by Gasteiger charge is -2.25.